The third-order valence-corrected chi connectivity index (χ3v) is 7.74. The van der Waals surface area contributed by atoms with Crippen LogP contribution in [0.5, 0.6) is 0 Å². The van der Waals surface area contributed by atoms with Gasteiger partial charge in [0, 0.05) is 5.75 Å². The van der Waals surface area contributed by atoms with Crippen molar-refractivity contribution in [2.75, 3.05) is 0 Å². The summed E-state index contributed by atoms with van der Waals surface area (Å²) >= 11 is 3.04. The molecule has 0 aliphatic heterocycles. The van der Waals surface area contributed by atoms with Gasteiger partial charge in [-0.2, -0.15) is 0 Å². The molecule has 0 aliphatic rings. The van der Waals surface area contributed by atoms with Crippen molar-refractivity contribution in [3.63, 3.8) is 0 Å². The molecule has 0 radical (unpaired) electrons. The van der Waals surface area contributed by atoms with Gasteiger partial charge in [-0.3, -0.25) is 0 Å². The van der Waals surface area contributed by atoms with Crippen LogP contribution in [0.4, 0.5) is 0 Å². The monoisotopic (exact) mass is 312 g/mol. The molecule has 1 heterocycles. The molecular weight excluding hydrogens is 296 g/mol. The van der Waals surface area contributed by atoms with E-state index >= 15 is 0 Å². The third kappa shape index (κ3) is 3.61. The van der Waals surface area contributed by atoms with Crippen LogP contribution in [0.3, 0.4) is 0 Å². The molecule has 0 amide bonds. The molecule has 0 N–H and O–H groups in total. The highest BCUT2D eigenvalue weighted by Gasteiger charge is 2.21. The Hall–Kier alpha value is -0.780. The second-order valence-electron chi connectivity index (χ2n) is 4.44. The summed E-state index contributed by atoms with van der Waals surface area (Å²) in [6.45, 7) is 3.43. The molecule has 0 aliphatic carbocycles. The predicted octanol–water partition coefficient (Wildman–Crippen LogP) is 4.22. The number of sulfone groups is 1. The topological polar surface area (TPSA) is 34.1 Å². The summed E-state index contributed by atoms with van der Waals surface area (Å²) in [5.41, 5.74) is 1.24. The van der Waals surface area contributed by atoms with Crippen molar-refractivity contribution in [3.05, 3.63) is 48.0 Å². The molecule has 2 aromatic rings. The summed E-state index contributed by atoms with van der Waals surface area (Å²) in [5, 5.41) is -0.363. The Kier molecular flexibility index (Phi) is 4.71. The molecule has 0 unspecified atom stereocenters. The van der Waals surface area contributed by atoms with Crippen molar-refractivity contribution in [1.82, 2.24) is 0 Å². The molecular formula is C14H16O2S3. The number of thiophene rings is 1. The molecule has 0 bridgehead atoms. The van der Waals surface area contributed by atoms with E-state index < -0.39 is 9.84 Å². The lowest BCUT2D eigenvalue weighted by molar-refractivity contribution is 0.589. The van der Waals surface area contributed by atoms with Crippen molar-refractivity contribution in [3.8, 4) is 0 Å². The maximum Gasteiger partial charge on any atom is 0.190 e. The number of benzene rings is 1. The summed E-state index contributed by atoms with van der Waals surface area (Å²) in [4.78, 5) is 0. The number of hydrogen-bond donors (Lipinski definition) is 0. The molecule has 1 aromatic carbocycles. The molecule has 0 saturated carbocycles. The van der Waals surface area contributed by atoms with E-state index in [0.717, 1.165) is 9.96 Å². The van der Waals surface area contributed by atoms with Crippen LogP contribution in [0, 0.1) is 0 Å². The zero-order chi connectivity index (χ0) is 13.9. The smallest absolute Gasteiger partial charge is 0.190 e. The summed E-state index contributed by atoms with van der Waals surface area (Å²) in [6, 6.07) is 13.8. The van der Waals surface area contributed by atoms with Gasteiger partial charge in [-0.15, -0.1) is 23.1 Å². The number of thioether (sulfide) groups is 1. The van der Waals surface area contributed by atoms with Crippen LogP contribution in [0.1, 0.15) is 19.4 Å². The van der Waals surface area contributed by atoms with E-state index in [1.54, 1.807) is 31.7 Å². The van der Waals surface area contributed by atoms with E-state index in [0.29, 0.717) is 4.21 Å². The van der Waals surface area contributed by atoms with Crippen LogP contribution in [-0.4, -0.2) is 13.7 Å². The van der Waals surface area contributed by atoms with Crippen LogP contribution in [-0.2, 0) is 15.6 Å². The van der Waals surface area contributed by atoms with Gasteiger partial charge in [-0.1, -0.05) is 30.3 Å². The minimum absolute atomic E-state index is 0.363. The summed E-state index contributed by atoms with van der Waals surface area (Å²) < 4.78 is 25.6. The lowest BCUT2D eigenvalue weighted by atomic mass is 10.2. The van der Waals surface area contributed by atoms with Crippen molar-refractivity contribution < 1.29 is 8.42 Å². The fraction of sp³-hybridized carbons (Fsp3) is 0.286. The van der Waals surface area contributed by atoms with Crippen molar-refractivity contribution in [1.29, 1.82) is 0 Å². The zero-order valence-electron chi connectivity index (χ0n) is 10.9. The summed E-state index contributed by atoms with van der Waals surface area (Å²) in [6.07, 6.45) is 0. The Bertz CT molecular complexity index is 628. The second kappa shape index (κ2) is 6.11. The standard InChI is InChI=1S/C14H16O2S3/c1-11(2)19(15,16)14-9-8-13(18-14)17-10-12-6-4-3-5-7-12/h3-9,11H,10H2,1-2H3. The lowest BCUT2D eigenvalue weighted by Gasteiger charge is -2.03. The van der Waals surface area contributed by atoms with Gasteiger partial charge in [0.05, 0.1) is 9.46 Å². The average Bonchev–Trinajstić information content (AvgIpc) is 2.87. The van der Waals surface area contributed by atoms with E-state index in [-0.39, 0.29) is 5.25 Å². The quantitative estimate of drug-likeness (QED) is 0.775. The second-order valence-corrected chi connectivity index (χ2v) is 9.53. The highest BCUT2D eigenvalue weighted by Crippen LogP contribution is 2.33. The molecule has 0 saturated heterocycles. The maximum absolute atomic E-state index is 12.0. The van der Waals surface area contributed by atoms with Crippen molar-refractivity contribution >= 4 is 32.9 Å². The Morgan fingerprint density at radius 2 is 1.79 bits per heavy atom. The Morgan fingerprint density at radius 3 is 2.42 bits per heavy atom. The van der Waals surface area contributed by atoms with Gasteiger partial charge in [0.2, 0.25) is 0 Å². The molecule has 0 fully saturated rings. The van der Waals surface area contributed by atoms with Crippen LogP contribution in [0.2, 0.25) is 0 Å². The van der Waals surface area contributed by atoms with Gasteiger partial charge >= 0.3 is 0 Å². The van der Waals surface area contributed by atoms with Gasteiger partial charge in [-0.05, 0) is 31.5 Å². The first kappa shape index (κ1) is 14.6. The maximum atomic E-state index is 12.0. The Balaban J connectivity index is 2.06. The van der Waals surface area contributed by atoms with Crippen LogP contribution < -0.4 is 0 Å². The van der Waals surface area contributed by atoms with Crippen molar-refractivity contribution in [2.45, 2.75) is 33.3 Å². The highest BCUT2D eigenvalue weighted by molar-refractivity contribution is 8.01. The van der Waals surface area contributed by atoms with E-state index in [4.69, 9.17) is 0 Å². The lowest BCUT2D eigenvalue weighted by Crippen LogP contribution is -2.12. The van der Waals surface area contributed by atoms with Gasteiger partial charge < -0.3 is 0 Å². The van der Waals surface area contributed by atoms with E-state index in [9.17, 15) is 8.42 Å². The SMILES string of the molecule is CC(C)S(=O)(=O)c1ccc(SCc2ccccc2)s1. The first-order chi connectivity index (χ1) is 9.00. The molecule has 1 aromatic heterocycles. The zero-order valence-corrected chi connectivity index (χ0v) is 13.3. The van der Waals surface area contributed by atoms with E-state index in [2.05, 4.69) is 12.1 Å². The van der Waals surface area contributed by atoms with E-state index in [1.807, 2.05) is 24.3 Å². The Labute approximate surface area is 122 Å². The minimum atomic E-state index is -3.13. The molecule has 0 spiro atoms. The highest BCUT2D eigenvalue weighted by atomic mass is 32.2. The minimum Gasteiger partial charge on any atom is -0.223 e. The molecule has 2 nitrogen and oxygen atoms in total. The first-order valence-electron chi connectivity index (χ1n) is 6.00. The summed E-state index contributed by atoms with van der Waals surface area (Å²) in [5.74, 6) is 0.864. The Morgan fingerprint density at radius 1 is 1.11 bits per heavy atom. The van der Waals surface area contributed by atoms with E-state index in [1.165, 1.54) is 16.9 Å². The van der Waals surface area contributed by atoms with Gasteiger partial charge in [0.25, 0.3) is 0 Å². The fourth-order valence-corrected chi connectivity index (χ4v) is 5.50. The fourth-order valence-electron chi connectivity index (χ4n) is 1.49. The van der Waals surface area contributed by atoms with Crippen LogP contribution >= 0.6 is 23.1 Å². The van der Waals surface area contributed by atoms with Crippen LogP contribution in [0.25, 0.3) is 0 Å². The summed E-state index contributed by atoms with van der Waals surface area (Å²) in [7, 11) is -3.13. The molecule has 0 atom stereocenters. The number of rotatable bonds is 5. The molecule has 19 heavy (non-hydrogen) atoms. The van der Waals surface area contributed by atoms with Gasteiger partial charge in [0.15, 0.2) is 9.84 Å². The normalized spacial score (nSPS) is 11.9. The predicted molar refractivity (Wildman–Crippen MR) is 82.6 cm³/mol. The van der Waals surface area contributed by atoms with Crippen LogP contribution in [0.15, 0.2) is 50.9 Å². The largest absolute Gasteiger partial charge is 0.223 e. The molecule has 102 valence electrons. The first-order valence-corrected chi connectivity index (χ1v) is 9.35. The van der Waals surface area contributed by atoms with Gasteiger partial charge in [-0.25, -0.2) is 8.42 Å². The number of hydrogen-bond acceptors (Lipinski definition) is 4. The molecule has 2 rings (SSSR count). The van der Waals surface area contributed by atoms with Gasteiger partial charge in [0.1, 0.15) is 4.21 Å². The van der Waals surface area contributed by atoms with Crippen molar-refractivity contribution in [2.24, 2.45) is 0 Å². The molecule has 5 heteroatoms. The average molecular weight is 312 g/mol. The third-order valence-electron chi connectivity index (χ3n) is 2.68.